The van der Waals surface area contributed by atoms with Crippen molar-refractivity contribution in [1.29, 1.82) is 0 Å². The first-order valence-electron chi connectivity index (χ1n) is 5.76. The Morgan fingerprint density at radius 1 is 1.18 bits per heavy atom. The number of benzene rings is 1. The maximum atomic E-state index is 4.49. The normalized spacial score (nSPS) is 10.9. The Balaban J connectivity index is 2.13. The highest BCUT2D eigenvalue weighted by atomic mass is 14.9. The van der Waals surface area contributed by atoms with Crippen molar-refractivity contribution in [2.75, 3.05) is 0 Å². The second kappa shape index (κ2) is 4.01. The Labute approximate surface area is 99.5 Å². The summed E-state index contributed by atoms with van der Waals surface area (Å²) in [5.74, 6) is 1.03. The molecule has 0 spiro atoms. The molecule has 2 aromatic heterocycles. The number of hydrogen-bond donors (Lipinski definition) is 1. The highest BCUT2D eigenvalue weighted by Crippen LogP contribution is 2.22. The lowest BCUT2D eigenvalue weighted by atomic mass is 10.1. The van der Waals surface area contributed by atoms with Crippen LogP contribution in [-0.2, 0) is 6.42 Å². The van der Waals surface area contributed by atoms with Crippen molar-refractivity contribution in [2.45, 2.75) is 13.3 Å². The first-order chi connectivity index (χ1) is 8.36. The number of pyridine rings is 1. The largest absolute Gasteiger partial charge is 0.342 e. The molecule has 1 N–H and O–H groups in total. The van der Waals surface area contributed by atoms with Gasteiger partial charge in [0.25, 0.3) is 0 Å². The van der Waals surface area contributed by atoms with Gasteiger partial charge in [0.1, 0.15) is 5.82 Å². The Morgan fingerprint density at radius 3 is 2.88 bits per heavy atom. The summed E-state index contributed by atoms with van der Waals surface area (Å²) in [6, 6.07) is 10.3. The number of hydrogen-bond acceptors (Lipinski definition) is 2. The average molecular weight is 223 g/mol. The summed E-state index contributed by atoms with van der Waals surface area (Å²) in [4.78, 5) is 12.0. The fraction of sp³-hybridized carbons (Fsp3) is 0.143. The van der Waals surface area contributed by atoms with Crippen LogP contribution in [0.15, 0.2) is 42.7 Å². The molecule has 0 unspecified atom stereocenters. The molecule has 0 aliphatic rings. The predicted octanol–water partition coefficient (Wildman–Crippen LogP) is 3.19. The van der Waals surface area contributed by atoms with Gasteiger partial charge >= 0.3 is 0 Å². The zero-order valence-electron chi connectivity index (χ0n) is 9.64. The summed E-state index contributed by atoms with van der Waals surface area (Å²) < 4.78 is 0. The van der Waals surface area contributed by atoms with Gasteiger partial charge in [0.05, 0.1) is 11.0 Å². The second-order valence-corrected chi connectivity index (χ2v) is 4.01. The lowest BCUT2D eigenvalue weighted by Gasteiger charge is -1.99. The number of aryl methyl sites for hydroxylation is 1. The molecule has 2 heterocycles. The molecule has 0 aliphatic carbocycles. The van der Waals surface area contributed by atoms with Crippen molar-refractivity contribution in [3.63, 3.8) is 0 Å². The van der Waals surface area contributed by atoms with Crippen molar-refractivity contribution >= 4 is 11.0 Å². The average Bonchev–Trinajstić information content (AvgIpc) is 2.81. The maximum Gasteiger partial charge on any atom is 0.106 e. The molecule has 0 amide bonds. The molecule has 3 heteroatoms. The summed E-state index contributed by atoms with van der Waals surface area (Å²) in [6.45, 7) is 2.10. The SMILES string of the molecule is CCc1nc2ccc(-c3cccnc3)cc2[nH]1. The van der Waals surface area contributed by atoms with Crippen LogP contribution in [0.25, 0.3) is 22.2 Å². The summed E-state index contributed by atoms with van der Waals surface area (Å²) in [5, 5.41) is 0. The number of H-pyrrole nitrogens is 1. The van der Waals surface area contributed by atoms with Crippen LogP contribution >= 0.6 is 0 Å². The van der Waals surface area contributed by atoms with E-state index < -0.39 is 0 Å². The molecule has 3 aromatic rings. The minimum Gasteiger partial charge on any atom is -0.342 e. The highest BCUT2D eigenvalue weighted by molar-refractivity contribution is 5.81. The van der Waals surface area contributed by atoms with Crippen LogP contribution in [0.5, 0.6) is 0 Å². The van der Waals surface area contributed by atoms with E-state index in [1.54, 1.807) is 6.20 Å². The molecule has 0 fully saturated rings. The van der Waals surface area contributed by atoms with Gasteiger partial charge in [-0.3, -0.25) is 4.98 Å². The monoisotopic (exact) mass is 223 g/mol. The number of aromatic amines is 1. The van der Waals surface area contributed by atoms with Crippen LogP contribution in [0.3, 0.4) is 0 Å². The molecule has 0 saturated carbocycles. The smallest absolute Gasteiger partial charge is 0.106 e. The molecular formula is C14H13N3. The van der Waals surface area contributed by atoms with E-state index >= 15 is 0 Å². The minimum atomic E-state index is 0.927. The van der Waals surface area contributed by atoms with Gasteiger partial charge in [-0.1, -0.05) is 19.1 Å². The number of rotatable bonds is 2. The van der Waals surface area contributed by atoms with Crippen LogP contribution in [0.1, 0.15) is 12.7 Å². The van der Waals surface area contributed by atoms with Crippen molar-refractivity contribution in [3.8, 4) is 11.1 Å². The number of nitrogens with zero attached hydrogens (tertiary/aromatic N) is 2. The van der Waals surface area contributed by atoms with Crippen molar-refractivity contribution in [2.24, 2.45) is 0 Å². The van der Waals surface area contributed by atoms with Gasteiger partial charge in [0, 0.05) is 24.4 Å². The summed E-state index contributed by atoms with van der Waals surface area (Å²) >= 11 is 0. The standard InChI is InChI=1S/C14H13N3/c1-2-14-16-12-6-5-10(8-13(12)17-14)11-4-3-7-15-9-11/h3-9H,2H2,1H3,(H,16,17). The molecule has 0 radical (unpaired) electrons. The van der Waals surface area contributed by atoms with Crippen molar-refractivity contribution < 1.29 is 0 Å². The molecule has 17 heavy (non-hydrogen) atoms. The van der Waals surface area contributed by atoms with E-state index in [1.165, 1.54) is 0 Å². The Hall–Kier alpha value is -2.16. The number of imidazole rings is 1. The van der Waals surface area contributed by atoms with Crippen molar-refractivity contribution in [1.82, 2.24) is 15.0 Å². The first-order valence-corrected chi connectivity index (χ1v) is 5.76. The number of fused-ring (bicyclic) bond motifs is 1. The quantitative estimate of drug-likeness (QED) is 0.725. The molecule has 3 rings (SSSR count). The van der Waals surface area contributed by atoms with E-state index in [1.807, 2.05) is 18.3 Å². The van der Waals surface area contributed by atoms with Gasteiger partial charge in [0.15, 0.2) is 0 Å². The van der Waals surface area contributed by atoms with E-state index in [0.717, 1.165) is 34.4 Å². The predicted molar refractivity (Wildman–Crippen MR) is 68.7 cm³/mol. The molecule has 3 nitrogen and oxygen atoms in total. The summed E-state index contributed by atoms with van der Waals surface area (Å²) in [5.41, 5.74) is 4.40. The van der Waals surface area contributed by atoms with E-state index in [-0.39, 0.29) is 0 Å². The van der Waals surface area contributed by atoms with Crippen LogP contribution in [0.2, 0.25) is 0 Å². The summed E-state index contributed by atoms with van der Waals surface area (Å²) in [7, 11) is 0. The highest BCUT2D eigenvalue weighted by Gasteiger charge is 2.03. The molecule has 0 bridgehead atoms. The van der Waals surface area contributed by atoms with Crippen LogP contribution in [0, 0.1) is 0 Å². The van der Waals surface area contributed by atoms with Gasteiger partial charge in [-0.25, -0.2) is 4.98 Å². The van der Waals surface area contributed by atoms with Crippen molar-refractivity contribution in [3.05, 3.63) is 48.5 Å². The molecule has 0 saturated heterocycles. The van der Waals surface area contributed by atoms with Crippen LogP contribution in [-0.4, -0.2) is 15.0 Å². The first kappa shape index (κ1) is 10.0. The lowest BCUT2D eigenvalue weighted by molar-refractivity contribution is 1.00. The van der Waals surface area contributed by atoms with Crippen LogP contribution < -0.4 is 0 Å². The fourth-order valence-corrected chi connectivity index (χ4v) is 1.94. The van der Waals surface area contributed by atoms with E-state index in [4.69, 9.17) is 0 Å². The topological polar surface area (TPSA) is 41.6 Å². The molecular weight excluding hydrogens is 210 g/mol. The van der Waals surface area contributed by atoms with Gasteiger partial charge in [-0.15, -0.1) is 0 Å². The lowest BCUT2D eigenvalue weighted by Crippen LogP contribution is -1.80. The number of aromatic nitrogens is 3. The zero-order chi connectivity index (χ0) is 11.7. The maximum absolute atomic E-state index is 4.49. The number of nitrogens with one attached hydrogen (secondary N) is 1. The third-order valence-electron chi connectivity index (χ3n) is 2.86. The van der Waals surface area contributed by atoms with Crippen LogP contribution in [0.4, 0.5) is 0 Å². The Kier molecular flexibility index (Phi) is 2.37. The van der Waals surface area contributed by atoms with E-state index in [2.05, 4.69) is 40.1 Å². The zero-order valence-corrected chi connectivity index (χ0v) is 9.64. The van der Waals surface area contributed by atoms with Gasteiger partial charge in [-0.05, 0) is 23.8 Å². The molecule has 1 aromatic carbocycles. The van der Waals surface area contributed by atoms with E-state index in [0.29, 0.717) is 0 Å². The van der Waals surface area contributed by atoms with Gasteiger partial charge in [0.2, 0.25) is 0 Å². The van der Waals surface area contributed by atoms with Gasteiger partial charge in [-0.2, -0.15) is 0 Å². The van der Waals surface area contributed by atoms with E-state index in [9.17, 15) is 0 Å². The third kappa shape index (κ3) is 1.80. The minimum absolute atomic E-state index is 0.927. The molecule has 84 valence electrons. The molecule has 0 aliphatic heterocycles. The third-order valence-corrected chi connectivity index (χ3v) is 2.86. The Bertz CT molecular complexity index is 641. The molecule has 0 atom stereocenters. The van der Waals surface area contributed by atoms with Gasteiger partial charge < -0.3 is 4.98 Å². The summed E-state index contributed by atoms with van der Waals surface area (Å²) in [6.07, 6.45) is 4.59. The Morgan fingerprint density at radius 2 is 2.12 bits per heavy atom. The second-order valence-electron chi connectivity index (χ2n) is 4.01. The fourth-order valence-electron chi connectivity index (χ4n) is 1.94.